The molecule has 10 atom stereocenters. The average Bonchev–Trinajstić information content (AvgIpc) is 3.88. The van der Waals surface area contributed by atoms with Crippen LogP contribution in [0.15, 0.2) is 36.4 Å². The fourth-order valence-corrected chi connectivity index (χ4v) is 17.1. The number of carboxylic acid groups (broad SMARTS) is 1. The lowest BCUT2D eigenvalue weighted by Crippen LogP contribution is -2.78. The van der Waals surface area contributed by atoms with Crippen molar-refractivity contribution >= 4 is 23.3 Å². The van der Waals surface area contributed by atoms with Gasteiger partial charge in [-0.1, -0.05) is 24.3 Å². The first-order valence-electron chi connectivity index (χ1n) is 20.3. The van der Waals surface area contributed by atoms with E-state index in [0.717, 1.165) is 71.0 Å². The van der Waals surface area contributed by atoms with Crippen LogP contribution in [0.1, 0.15) is 99.3 Å². The molecule has 4 unspecified atom stereocenters. The molecule has 2 N–H and O–H groups in total. The molecule has 12 aliphatic rings. The van der Waals surface area contributed by atoms with Crippen molar-refractivity contribution in [3.8, 4) is 0 Å². The number of piperidine rings is 2. The monoisotopic (exact) mass is 688 g/mol. The largest absolute Gasteiger partial charge is 0.481 e. The van der Waals surface area contributed by atoms with Crippen LogP contribution in [0.5, 0.6) is 0 Å². The molecule has 8 nitrogen and oxygen atoms in total. The lowest BCUT2D eigenvalue weighted by atomic mass is 9.38. The minimum absolute atomic E-state index is 0.00789. The number of fused-ring (bicyclic) bond motifs is 6. The Labute approximate surface area is 301 Å². The number of nitrogens with one attached hydrogen (secondary N) is 1. The topological polar surface area (TPSA) is 85.3 Å². The van der Waals surface area contributed by atoms with Gasteiger partial charge in [-0.3, -0.25) is 19.4 Å². The van der Waals surface area contributed by atoms with E-state index in [1.165, 1.54) is 72.3 Å². The van der Waals surface area contributed by atoms with Crippen LogP contribution >= 0.6 is 0 Å². The van der Waals surface area contributed by atoms with Crippen molar-refractivity contribution in [3.05, 3.63) is 58.7 Å². The molecule has 6 aliphatic carbocycles. The van der Waals surface area contributed by atoms with Crippen LogP contribution in [0.25, 0.3) is 0 Å². The number of carbonyl (C=O) groups excluding carboxylic acids is 1. The SMILES string of the molecule is COC(=O)C1C[C@@]23CCCN4CCC5(c6cc(Cc7ccc8c(c7)[C@@]79CCN%10CCC[C@]%11(CC[C@@]7(N8)C(C(=O)O)C%11)[C@H]%109)ccc6N(C)C15CC2)[C@@H]43. The molecule has 14 rings (SSSR count). The number of likely N-dealkylation sites (N-methyl/N-ethyl adjacent to an activating group) is 1. The summed E-state index contributed by atoms with van der Waals surface area (Å²) in [6, 6.07) is 15.3. The van der Waals surface area contributed by atoms with Crippen molar-refractivity contribution in [1.82, 2.24) is 9.80 Å². The van der Waals surface area contributed by atoms with Crippen molar-refractivity contribution in [2.75, 3.05) is 50.6 Å². The maximum absolute atomic E-state index is 13.8. The van der Waals surface area contributed by atoms with Crippen molar-refractivity contribution in [2.45, 2.75) is 117 Å². The number of methoxy groups -OCH3 is 1. The highest BCUT2D eigenvalue weighted by Gasteiger charge is 2.81. The second-order valence-corrected chi connectivity index (χ2v) is 19.1. The first-order chi connectivity index (χ1) is 24.7. The molecule has 2 aromatic rings. The number of hydrogen-bond acceptors (Lipinski definition) is 7. The summed E-state index contributed by atoms with van der Waals surface area (Å²) in [5, 5.41) is 14.7. The third-order valence-electron chi connectivity index (χ3n) is 18.2. The molecule has 10 fully saturated rings. The van der Waals surface area contributed by atoms with Gasteiger partial charge in [-0.25, -0.2) is 0 Å². The number of ether oxygens (including phenoxy) is 1. The predicted molar refractivity (Wildman–Crippen MR) is 194 cm³/mol. The van der Waals surface area contributed by atoms with Crippen molar-refractivity contribution in [2.24, 2.45) is 22.7 Å². The van der Waals surface area contributed by atoms with Crippen LogP contribution in [0.3, 0.4) is 0 Å². The number of hydrogen-bond donors (Lipinski definition) is 2. The zero-order chi connectivity index (χ0) is 34.3. The van der Waals surface area contributed by atoms with Crippen LogP contribution in [0.2, 0.25) is 0 Å². The fraction of sp³-hybridized carbons (Fsp3) is 0.674. The number of anilines is 2. The van der Waals surface area contributed by atoms with Crippen molar-refractivity contribution < 1.29 is 19.4 Å². The summed E-state index contributed by atoms with van der Waals surface area (Å²) in [4.78, 5) is 35.0. The van der Waals surface area contributed by atoms with Crippen LogP contribution in [-0.2, 0) is 31.6 Å². The molecular weight excluding hydrogens is 636 g/mol. The molecule has 4 bridgehead atoms. The number of aliphatic carboxylic acids is 1. The Morgan fingerprint density at radius 3 is 2.16 bits per heavy atom. The van der Waals surface area contributed by atoms with E-state index in [-0.39, 0.29) is 45.0 Å². The van der Waals surface area contributed by atoms with Gasteiger partial charge in [0.1, 0.15) is 0 Å². The van der Waals surface area contributed by atoms with Gasteiger partial charge >= 0.3 is 11.9 Å². The Morgan fingerprint density at radius 1 is 0.784 bits per heavy atom. The lowest BCUT2D eigenvalue weighted by Gasteiger charge is -2.70. The fourth-order valence-electron chi connectivity index (χ4n) is 17.1. The highest BCUT2D eigenvalue weighted by Crippen LogP contribution is 2.77. The van der Waals surface area contributed by atoms with Crippen LogP contribution in [-0.4, -0.2) is 90.3 Å². The van der Waals surface area contributed by atoms with E-state index in [9.17, 15) is 14.7 Å². The van der Waals surface area contributed by atoms with Gasteiger partial charge in [0.15, 0.2) is 0 Å². The number of benzene rings is 2. The second-order valence-electron chi connectivity index (χ2n) is 19.1. The normalized spacial score (nSPS) is 46.1. The van der Waals surface area contributed by atoms with Gasteiger partial charge in [0, 0.05) is 41.3 Å². The maximum Gasteiger partial charge on any atom is 0.311 e. The zero-order valence-electron chi connectivity index (χ0n) is 30.3. The third kappa shape index (κ3) is 3.06. The van der Waals surface area contributed by atoms with Crippen molar-refractivity contribution in [3.63, 3.8) is 0 Å². The van der Waals surface area contributed by atoms with E-state index in [1.54, 1.807) is 7.11 Å². The van der Waals surface area contributed by atoms with Gasteiger partial charge in [0.2, 0.25) is 0 Å². The molecule has 6 spiro atoms. The second kappa shape index (κ2) is 9.33. The zero-order valence-corrected chi connectivity index (χ0v) is 30.3. The Hall–Kier alpha value is -3.10. The van der Waals surface area contributed by atoms with Crippen molar-refractivity contribution in [1.29, 1.82) is 0 Å². The molecule has 4 saturated heterocycles. The number of carboxylic acids is 1. The summed E-state index contributed by atoms with van der Waals surface area (Å²) in [6.07, 6.45) is 14.0. The lowest BCUT2D eigenvalue weighted by molar-refractivity contribution is -0.174. The number of carbonyl (C=O) groups is 2. The molecule has 51 heavy (non-hydrogen) atoms. The van der Waals surface area contributed by atoms with Gasteiger partial charge in [0.05, 0.1) is 30.0 Å². The third-order valence-corrected chi connectivity index (χ3v) is 18.2. The Balaban J connectivity index is 0.966. The molecule has 6 aliphatic heterocycles. The Bertz CT molecular complexity index is 1950. The standard InChI is InChI=1S/C43H52N4O4/c1-45-33-8-6-27(23-29(33)41-16-20-47-18-4-10-39(37(41)47)12-14-43(41,45)31(25-39)35(50)51-2)21-26-5-7-32-28(22-26)40-15-19-46-17-3-9-38(36(40)46)11-13-42(40,44-32)30(24-38)34(48)49/h5-8,22-23,30-31,36-37,44H,3-4,9-21,24-25H2,1-2H3,(H,48,49)/t30?,31?,36-,37-,38+,39+,40+,41?,42+,43?/m0/s1. The minimum atomic E-state index is -0.604. The molecule has 8 heteroatoms. The minimum Gasteiger partial charge on any atom is -0.481 e. The summed E-state index contributed by atoms with van der Waals surface area (Å²) in [5.41, 5.74) is 7.55. The molecule has 0 amide bonds. The predicted octanol–water partition coefficient (Wildman–Crippen LogP) is 5.70. The molecule has 268 valence electrons. The van der Waals surface area contributed by atoms with Gasteiger partial charge in [-0.05, 0) is 155 Å². The van der Waals surface area contributed by atoms with Gasteiger partial charge in [0.25, 0.3) is 0 Å². The van der Waals surface area contributed by atoms with E-state index in [0.29, 0.717) is 12.1 Å². The first-order valence-corrected chi connectivity index (χ1v) is 20.3. The van der Waals surface area contributed by atoms with Crippen LogP contribution in [0, 0.1) is 22.7 Å². The van der Waals surface area contributed by atoms with Crippen LogP contribution in [0.4, 0.5) is 11.4 Å². The van der Waals surface area contributed by atoms with Gasteiger partial charge in [-0.15, -0.1) is 0 Å². The molecule has 0 aromatic heterocycles. The summed E-state index contributed by atoms with van der Waals surface area (Å²) >= 11 is 0. The summed E-state index contributed by atoms with van der Waals surface area (Å²) in [7, 11) is 3.87. The average molecular weight is 689 g/mol. The summed E-state index contributed by atoms with van der Waals surface area (Å²) < 4.78 is 5.62. The van der Waals surface area contributed by atoms with E-state index in [4.69, 9.17) is 4.74 Å². The highest BCUT2D eigenvalue weighted by atomic mass is 16.5. The maximum atomic E-state index is 13.8. The van der Waals surface area contributed by atoms with Crippen LogP contribution < -0.4 is 10.2 Å². The number of rotatable bonds is 4. The summed E-state index contributed by atoms with van der Waals surface area (Å²) in [6.45, 7) is 4.54. The highest BCUT2D eigenvalue weighted by molar-refractivity contribution is 5.82. The van der Waals surface area contributed by atoms with E-state index in [2.05, 4.69) is 63.5 Å². The molecule has 6 saturated carbocycles. The molecule has 2 aromatic carbocycles. The van der Waals surface area contributed by atoms with E-state index < -0.39 is 11.5 Å². The van der Waals surface area contributed by atoms with E-state index in [1.807, 2.05) is 0 Å². The molecule has 0 radical (unpaired) electrons. The smallest absolute Gasteiger partial charge is 0.311 e. The number of nitrogens with zero attached hydrogens (tertiary/aromatic N) is 3. The summed E-state index contributed by atoms with van der Waals surface area (Å²) in [5.74, 6) is -1.05. The van der Waals surface area contributed by atoms with Gasteiger partial charge in [-0.2, -0.15) is 0 Å². The van der Waals surface area contributed by atoms with E-state index >= 15 is 0 Å². The molecular formula is C43H52N4O4. The Kier molecular flexibility index (Phi) is 5.56. The molecule has 6 heterocycles. The number of esters is 1. The van der Waals surface area contributed by atoms with Gasteiger partial charge < -0.3 is 20.1 Å². The Morgan fingerprint density at radius 2 is 1.43 bits per heavy atom. The first kappa shape index (κ1) is 30.4. The quantitative estimate of drug-likeness (QED) is 0.396.